The topological polar surface area (TPSA) is 46.4 Å². The quantitative estimate of drug-likeness (QED) is 0.150. The molecule has 9 rings (SSSR count). The second-order valence-electron chi connectivity index (χ2n) is 13.8. The van der Waals surface area contributed by atoms with E-state index in [2.05, 4.69) is 175 Å². The molecule has 6 nitrogen and oxygen atoms in total. The van der Waals surface area contributed by atoms with Gasteiger partial charge in [-0.3, -0.25) is 4.57 Å². The molecule has 3 aromatic heterocycles. The molecule has 0 unspecified atom stereocenters. The maximum absolute atomic E-state index is 6.82. The summed E-state index contributed by atoms with van der Waals surface area (Å²) in [5, 5.41) is 2.34. The number of para-hydroxylation sites is 1. The van der Waals surface area contributed by atoms with Gasteiger partial charge in [-0.1, -0.05) is 105 Å². The first-order valence-corrected chi connectivity index (χ1v) is 17.8. The first-order chi connectivity index (χ1) is 25.5. The lowest BCUT2D eigenvalue weighted by Crippen LogP contribution is -2.49. The molecule has 0 radical (unpaired) electrons. The highest BCUT2D eigenvalue weighted by molar-refractivity contribution is 6.09. The molecule has 0 fully saturated rings. The molecule has 4 heterocycles. The minimum Gasteiger partial charge on any atom is -0.457 e. The number of hydrogen-bond acceptors (Lipinski definition) is 5. The normalized spacial score (nSPS) is 12.9. The third-order valence-electron chi connectivity index (χ3n) is 10.4. The number of rotatable bonds is 8. The van der Waals surface area contributed by atoms with Crippen molar-refractivity contribution in [2.45, 2.75) is 25.3 Å². The van der Waals surface area contributed by atoms with Gasteiger partial charge in [0, 0.05) is 36.3 Å². The fourth-order valence-electron chi connectivity index (χ4n) is 7.96. The average Bonchev–Trinajstić information content (AvgIpc) is 3.70. The van der Waals surface area contributed by atoms with Gasteiger partial charge in [-0.15, -0.1) is 0 Å². The monoisotopic (exact) mass is 677 g/mol. The van der Waals surface area contributed by atoms with Crippen LogP contribution in [0.4, 0.5) is 11.5 Å². The summed E-state index contributed by atoms with van der Waals surface area (Å²) >= 11 is 0. The molecular weight excluding hydrogens is 639 g/mol. The molecule has 0 saturated carbocycles. The Morgan fingerprint density at radius 2 is 1.29 bits per heavy atom. The zero-order chi connectivity index (χ0) is 35.2. The predicted octanol–water partition coefficient (Wildman–Crippen LogP) is 10.7. The largest absolute Gasteiger partial charge is 0.457 e. The number of pyridine rings is 2. The van der Waals surface area contributed by atoms with Gasteiger partial charge in [0.1, 0.15) is 22.9 Å². The molecule has 52 heavy (non-hydrogen) atoms. The maximum Gasteiger partial charge on any atom is 0.153 e. The number of benzene rings is 5. The minimum absolute atomic E-state index is 0.394. The first kappa shape index (κ1) is 31.6. The van der Waals surface area contributed by atoms with Gasteiger partial charge in [0.05, 0.1) is 23.4 Å². The predicted molar refractivity (Wildman–Crippen MR) is 212 cm³/mol. The van der Waals surface area contributed by atoms with Crippen LogP contribution in [0.15, 0.2) is 164 Å². The molecule has 0 aliphatic carbocycles. The van der Waals surface area contributed by atoms with Crippen LogP contribution in [0.5, 0.6) is 11.5 Å². The molecule has 0 bridgehead atoms. The van der Waals surface area contributed by atoms with Crippen LogP contribution < -0.4 is 14.5 Å². The maximum atomic E-state index is 6.82. The smallest absolute Gasteiger partial charge is 0.153 e. The second kappa shape index (κ2) is 12.7. The van der Waals surface area contributed by atoms with Gasteiger partial charge in [0.2, 0.25) is 0 Å². The molecule has 1 aliphatic heterocycles. The summed E-state index contributed by atoms with van der Waals surface area (Å²) in [4.78, 5) is 14.3. The van der Waals surface area contributed by atoms with Crippen LogP contribution in [0.3, 0.4) is 0 Å². The van der Waals surface area contributed by atoms with Crippen LogP contribution in [0.25, 0.3) is 27.6 Å². The molecule has 0 amide bonds. The lowest BCUT2D eigenvalue weighted by atomic mass is 9.75. The highest BCUT2D eigenvalue weighted by Gasteiger charge is 2.46. The Balaban J connectivity index is 1.20. The van der Waals surface area contributed by atoms with Crippen molar-refractivity contribution in [1.29, 1.82) is 0 Å². The summed E-state index contributed by atoms with van der Waals surface area (Å²) in [5.41, 5.74) is 7.23. The summed E-state index contributed by atoms with van der Waals surface area (Å²) in [6.07, 6.45) is 3.78. The van der Waals surface area contributed by atoms with Crippen LogP contribution in [-0.2, 0) is 5.54 Å². The van der Waals surface area contributed by atoms with Crippen molar-refractivity contribution in [3.05, 3.63) is 186 Å². The average molecular weight is 678 g/mol. The van der Waals surface area contributed by atoms with Gasteiger partial charge < -0.3 is 14.5 Å². The summed E-state index contributed by atoms with van der Waals surface area (Å²) in [5.74, 6) is 3.77. The van der Waals surface area contributed by atoms with E-state index in [1.807, 2.05) is 24.5 Å². The van der Waals surface area contributed by atoms with Crippen molar-refractivity contribution < 1.29 is 4.74 Å². The van der Waals surface area contributed by atoms with Gasteiger partial charge in [0.15, 0.2) is 5.82 Å². The number of fused-ring (bicyclic) bond motifs is 4. The molecule has 0 spiro atoms. The molecular formula is C46H39N5O. The van der Waals surface area contributed by atoms with Crippen molar-refractivity contribution in [3.8, 4) is 17.3 Å². The van der Waals surface area contributed by atoms with E-state index >= 15 is 0 Å². The van der Waals surface area contributed by atoms with Crippen LogP contribution in [0, 0.1) is 0 Å². The highest BCUT2D eigenvalue weighted by atomic mass is 16.5. The van der Waals surface area contributed by atoms with Crippen molar-refractivity contribution in [2.75, 3.05) is 23.5 Å². The van der Waals surface area contributed by atoms with Crippen LogP contribution in [0.1, 0.15) is 42.0 Å². The molecule has 8 aromatic rings. The minimum atomic E-state index is -0.687. The Kier molecular flexibility index (Phi) is 7.73. The van der Waals surface area contributed by atoms with Crippen molar-refractivity contribution in [3.63, 3.8) is 0 Å². The summed E-state index contributed by atoms with van der Waals surface area (Å²) in [7, 11) is 2.11. The molecule has 6 heteroatoms. The highest BCUT2D eigenvalue weighted by Crippen LogP contribution is 2.50. The summed E-state index contributed by atoms with van der Waals surface area (Å²) in [6.45, 7) is 5.09. The van der Waals surface area contributed by atoms with E-state index < -0.39 is 5.54 Å². The number of ether oxygens (including phenoxy) is 1. The number of anilines is 2. The zero-order valence-corrected chi connectivity index (χ0v) is 29.5. The number of aromatic nitrogens is 3. The van der Waals surface area contributed by atoms with Crippen LogP contribution >= 0.6 is 0 Å². The van der Waals surface area contributed by atoms with Crippen LogP contribution in [-0.4, -0.2) is 28.3 Å². The van der Waals surface area contributed by atoms with E-state index in [9.17, 15) is 0 Å². The third kappa shape index (κ3) is 5.10. The Labute approximate surface area is 304 Å². The van der Waals surface area contributed by atoms with Gasteiger partial charge in [-0.05, 0) is 82.8 Å². The lowest BCUT2D eigenvalue weighted by Gasteiger charge is -2.45. The van der Waals surface area contributed by atoms with E-state index in [0.29, 0.717) is 12.6 Å². The van der Waals surface area contributed by atoms with E-state index in [1.54, 1.807) is 0 Å². The Bertz CT molecular complexity index is 2500. The standard InChI is InChI=1S/C46H39N5O/c1-32(2)33-25-27-47-44(28-33)51-41-21-11-10-20-39(41)40-24-23-38(30-43(40)51)52-37-19-12-18-36(29-37)46(34-14-6-4-7-15-34,35-16-8-5-9-17-35)50-31-49(3)45-42(50)22-13-26-48-45/h4-30,32H,31H2,1-3H3. The fraction of sp³-hybridized carbons (Fsp3) is 0.130. The zero-order valence-electron chi connectivity index (χ0n) is 29.5. The van der Waals surface area contributed by atoms with Crippen molar-refractivity contribution >= 4 is 33.3 Å². The Hall–Kier alpha value is -6.40. The number of hydrogen-bond donors (Lipinski definition) is 0. The van der Waals surface area contributed by atoms with Crippen molar-refractivity contribution in [2.24, 2.45) is 0 Å². The van der Waals surface area contributed by atoms with Gasteiger partial charge in [-0.2, -0.15) is 0 Å². The molecule has 1 aliphatic rings. The summed E-state index contributed by atoms with van der Waals surface area (Å²) in [6, 6.07) is 53.5. The SMILES string of the molecule is CC(C)c1ccnc(-n2c3ccccc3c3ccc(Oc4cccc(C(c5ccccc5)(c5ccccc5)N5CN(C)c6ncccc65)c4)cc32)c1. The third-order valence-corrected chi connectivity index (χ3v) is 10.4. The molecule has 0 atom stereocenters. The Morgan fingerprint density at radius 3 is 2.06 bits per heavy atom. The first-order valence-electron chi connectivity index (χ1n) is 17.8. The molecule has 254 valence electrons. The van der Waals surface area contributed by atoms with Crippen molar-refractivity contribution in [1.82, 2.24) is 14.5 Å². The second-order valence-corrected chi connectivity index (χ2v) is 13.8. The van der Waals surface area contributed by atoms with Crippen LogP contribution in [0.2, 0.25) is 0 Å². The molecule has 0 N–H and O–H groups in total. The number of nitrogens with zero attached hydrogens (tertiary/aromatic N) is 5. The Morgan fingerprint density at radius 1 is 0.596 bits per heavy atom. The van der Waals surface area contributed by atoms with Gasteiger partial charge in [-0.25, -0.2) is 9.97 Å². The van der Waals surface area contributed by atoms with E-state index in [4.69, 9.17) is 14.7 Å². The fourth-order valence-corrected chi connectivity index (χ4v) is 7.96. The lowest BCUT2D eigenvalue weighted by molar-refractivity contribution is 0.479. The van der Waals surface area contributed by atoms with E-state index in [1.165, 1.54) is 10.9 Å². The van der Waals surface area contributed by atoms with E-state index in [0.717, 1.165) is 61.9 Å². The van der Waals surface area contributed by atoms with E-state index in [-0.39, 0.29) is 0 Å². The van der Waals surface area contributed by atoms with Gasteiger partial charge in [0.25, 0.3) is 0 Å². The van der Waals surface area contributed by atoms with Gasteiger partial charge >= 0.3 is 0 Å². The molecule has 5 aromatic carbocycles. The summed E-state index contributed by atoms with van der Waals surface area (Å²) < 4.78 is 9.08. The molecule has 0 saturated heterocycles.